The molecule has 0 aliphatic carbocycles. The summed E-state index contributed by atoms with van der Waals surface area (Å²) in [6.07, 6.45) is 4.07. The predicted molar refractivity (Wildman–Crippen MR) is 80.1 cm³/mol. The second kappa shape index (κ2) is 6.28. The van der Waals surface area contributed by atoms with Crippen molar-refractivity contribution < 1.29 is 9.47 Å². The summed E-state index contributed by atoms with van der Waals surface area (Å²) in [6.45, 7) is 3.52. The van der Waals surface area contributed by atoms with Gasteiger partial charge in [0.1, 0.15) is 0 Å². The molecule has 1 aliphatic heterocycles. The van der Waals surface area contributed by atoms with E-state index in [9.17, 15) is 0 Å². The van der Waals surface area contributed by atoms with Crippen LogP contribution < -0.4 is 4.74 Å². The number of nitrogens with zero attached hydrogens (tertiary/aromatic N) is 3. The van der Waals surface area contributed by atoms with Gasteiger partial charge in [0.2, 0.25) is 5.88 Å². The summed E-state index contributed by atoms with van der Waals surface area (Å²) in [5.41, 5.74) is 2.42. The molecular weight excluding hydrogens is 266 g/mol. The lowest BCUT2D eigenvalue weighted by Gasteiger charge is -2.23. The van der Waals surface area contributed by atoms with Crippen LogP contribution in [-0.2, 0) is 24.4 Å². The second-order valence-electron chi connectivity index (χ2n) is 5.35. The van der Waals surface area contributed by atoms with Gasteiger partial charge in [-0.25, -0.2) is 4.98 Å². The Kier molecular flexibility index (Phi) is 4.22. The van der Waals surface area contributed by atoms with Crippen molar-refractivity contribution in [1.29, 1.82) is 0 Å². The Morgan fingerprint density at radius 1 is 1.24 bits per heavy atom. The van der Waals surface area contributed by atoms with Gasteiger partial charge in [0.25, 0.3) is 0 Å². The van der Waals surface area contributed by atoms with Crippen molar-refractivity contribution in [3.63, 3.8) is 0 Å². The number of pyridine rings is 1. The van der Waals surface area contributed by atoms with Crippen LogP contribution in [0.5, 0.6) is 5.88 Å². The van der Waals surface area contributed by atoms with Crippen molar-refractivity contribution in [2.24, 2.45) is 0 Å². The van der Waals surface area contributed by atoms with E-state index in [0.717, 1.165) is 31.7 Å². The van der Waals surface area contributed by atoms with Crippen molar-refractivity contribution in [3.05, 3.63) is 47.9 Å². The third-order valence-electron chi connectivity index (χ3n) is 3.94. The molecule has 21 heavy (non-hydrogen) atoms. The minimum atomic E-state index is 0.196. The molecule has 0 saturated carbocycles. The molecule has 0 unspecified atom stereocenters. The first-order chi connectivity index (χ1) is 10.3. The van der Waals surface area contributed by atoms with Crippen molar-refractivity contribution >= 4 is 0 Å². The largest absolute Gasteiger partial charge is 0.481 e. The molecule has 1 atom stereocenters. The van der Waals surface area contributed by atoms with Gasteiger partial charge in [0, 0.05) is 56.9 Å². The standard InChI is InChI=1S/C16H21N3O2/c1-20-15-11-18(10-14-6-4-8-19(14)12-15)9-13-5-3-7-17-16(13)21-2/h3-8,15H,9-12H2,1-2H3/t15-/m0/s1. The van der Waals surface area contributed by atoms with Gasteiger partial charge < -0.3 is 14.0 Å². The van der Waals surface area contributed by atoms with E-state index in [1.165, 1.54) is 5.69 Å². The SMILES string of the molecule is COc1ncccc1CN1Cc2cccn2C[C@@H](OC)C1. The van der Waals surface area contributed by atoms with E-state index in [0.29, 0.717) is 5.88 Å². The van der Waals surface area contributed by atoms with E-state index in [2.05, 4.69) is 38.8 Å². The molecule has 2 aromatic rings. The molecule has 0 spiro atoms. The smallest absolute Gasteiger partial charge is 0.217 e. The molecule has 5 heteroatoms. The monoisotopic (exact) mass is 287 g/mol. The van der Waals surface area contributed by atoms with Crippen LogP contribution in [0, 0.1) is 0 Å². The van der Waals surface area contributed by atoms with Gasteiger partial charge in [-0.15, -0.1) is 0 Å². The first-order valence-corrected chi connectivity index (χ1v) is 7.17. The third kappa shape index (κ3) is 3.09. The number of hydrogen-bond donors (Lipinski definition) is 0. The van der Waals surface area contributed by atoms with E-state index < -0.39 is 0 Å². The summed E-state index contributed by atoms with van der Waals surface area (Å²) >= 11 is 0. The Morgan fingerprint density at radius 2 is 2.14 bits per heavy atom. The molecule has 3 heterocycles. The molecule has 0 saturated heterocycles. The highest BCUT2D eigenvalue weighted by atomic mass is 16.5. The summed E-state index contributed by atoms with van der Waals surface area (Å²) < 4.78 is 13.2. The van der Waals surface area contributed by atoms with E-state index in [1.54, 1.807) is 20.4 Å². The minimum Gasteiger partial charge on any atom is -0.481 e. The molecule has 0 amide bonds. The van der Waals surface area contributed by atoms with Gasteiger partial charge >= 0.3 is 0 Å². The molecule has 5 nitrogen and oxygen atoms in total. The van der Waals surface area contributed by atoms with Crippen molar-refractivity contribution in [1.82, 2.24) is 14.5 Å². The maximum absolute atomic E-state index is 5.61. The summed E-state index contributed by atoms with van der Waals surface area (Å²) in [5, 5.41) is 0. The van der Waals surface area contributed by atoms with Crippen molar-refractivity contribution in [2.45, 2.75) is 25.7 Å². The molecule has 3 rings (SSSR count). The zero-order chi connectivity index (χ0) is 14.7. The zero-order valence-electron chi connectivity index (χ0n) is 12.5. The van der Waals surface area contributed by atoms with Crippen LogP contribution in [0.25, 0.3) is 0 Å². The van der Waals surface area contributed by atoms with Gasteiger partial charge in [0.05, 0.1) is 13.2 Å². The fourth-order valence-corrected chi connectivity index (χ4v) is 2.87. The number of aromatic nitrogens is 2. The van der Waals surface area contributed by atoms with Gasteiger partial charge in [0.15, 0.2) is 0 Å². The maximum atomic E-state index is 5.61. The summed E-state index contributed by atoms with van der Waals surface area (Å²) in [6, 6.07) is 8.28. The normalized spacial score (nSPS) is 19.0. The Hall–Kier alpha value is -1.85. The number of rotatable bonds is 4. The predicted octanol–water partition coefficient (Wildman–Crippen LogP) is 1.92. The van der Waals surface area contributed by atoms with E-state index in [4.69, 9.17) is 9.47 Å². The average Bonchev–Trinajstić information content (AvgIpc) is 2.86. The molecule has 2 aromatic heterocycles. The summed E-state index contributed by atoms with van der Waals surface area (Å²) in [4.78, 5) is 6.66. The molecular formula is C16H21N3O2. The highest BCUT2D eigenvalue weighted by molar-refractivity contribution is 5.25. The van der Waals surface area contributed by atoms with Crippen LogP contribution in [0.1, 0.15) is 11.3 Å². The first-order valence-electron chi connectivity index (χ1n) is 7.17. The Bertz CT molecular complexity index is 597. The van der Waals surface area contributed by atoms with Crippen LogP contribution in [0.4, 0.5) is 0 Å². The quantitative estimate of drug-likeness (QED) is 0.861. The average molecular weight is 287 g/mol. The van der Waals surface area contributed by atoms with E-state index in [1.807, 2.05) is 6.07 Å². The van der Waals surface area contributed by atoms with Gasteiger partial charge in [-0.05, 0) is 18.2 Å². The lowest BCUT2D eigenvalue weighted by molar-refractivity contribution is 0.0563. The third-order valence-corrected chi connectivity index (χ3v) is 3.94. The second-order valence-corrected chi connectivity index (χ2v) is 5.35. The maximum Gasteiger partial charge on any atom is 0.217 e. The fraction of sp³-hybridized carbons (Fsp3) is 0.438. The zero-order valence-corrected chi connectivity index (χ0v) is 12.5. The minimum absolute atomic E-state index is 0.196. The summed E-state index contributed by atoms with van der Waals surface area (Å²) in [7, 11) is 3.44. The lowest BCUT2D eigenvalue weighted by Crippen LogP contribution is -2.32. The van der Waals surface area contributed by atoms with Crippen LogP contribution >= 0.6 is 0 Å². The molecule has 0 aromatic carbocycles. The van der Waals surface area contributed by atoms with E-state index in [-0.39, 0.29) is 6.10 Å². The summed E-state index contributed by atoms with van der Waals surface area (Å²) in [5.74, 6) is 0.700. The Morgan fingerprint density at radius 3 is 2.95 bits per heavy atom. The van der Waals surface area contributed by atoms with Crippen molar-refractivity contribution in [3.8, 4) is 5.88 Å². The van der Waals surface area contributed by atoms with Crippen LogP contribution in [0.2, 0.25) is 0 Å². The molecule has 0 bridgehead atoms. The van der Waals surface area contributed by atoms with Crippen LogP contribution in [-0.4, -0.2) is 41.3 Å². The molecule has 112 valence electrons. The van der Waals surface area contributed by atoms with Gasteiger partial charge in [-0.2, -0.15) is 0 Å². The topological polar surface area (TPSA) is 39.5 Å². The van der Waals surface area contributed by atoms with Crippen LogP contribution in [0.3, 0.4) is 0 Å². The Balaban J connectivity index is 1.81. The first kappa shape index (κ1) is 14.1. The molecule has 0 fully saturated rings. The molecule has 0 N–H and O–H groups in total. The van der Waals surface area contributed by atoms with Gasteiger partial charge in [-0.1, -0.05) is 6.07 Å². The van der Waals surface area contributed by atoms with Crippen LogP contribution in [0.15, 0.2) is 36.7 Å². The lowest BCUT2D eigenvalue weighted by atomic mass is 10.2. The number of methoxy groups -OCH3 is 2. The highest BCUT2D eigenvalue weighted by Crippen LogP contribution is 2.21. The number of fused-ring (bicyclic) bond motifs is 1. The fourth-order valence-electron chi connectivity index (χ4n) is 2.87. The van der Waals surface area contributed by atoms with Gasteiger partial charge in [-0.3, -0.25) is 4.90 Å². The van der Waals surface area contributed by atoms with E-state index >= 15 is 0 Å². The molecule has 1 aliphatic rings. The molecule has 0 radical (unpaired) electrons. The number of ether oxygens (including phenoxy) is 2. The van der Waals surface area contributed by atoms with Crippen molar-refractivity contribution in [2.75, 3.05) is 20.8 Å². The number of hydrogen-bond acceptors (Lipinski definition) is 4. The Labute approximate surface area is 125 Å². The highest BCUT2D eigenvalue weighted by Gasteiger charge is 2.22.